The van der Waals surface area contributed by atoms with Crippen LogP contribution in [-0.2, 0) is 4.79 Å². The van der Waals surface area contributed by atoms with Crippen LogP contribution < -0.4 is 11.1 Å². The summed E-state index contributed by atoms with van der Waals surface area (Å²) in [5.41, 5.74) is 8.87. The van der Waals surface area contributed by atoms with Crippen molar-refractivity contribution in [3.8, 4) is 10.6 Å². The van der Waals surface area contributed by atoms with E-state index < -0.39 is 6.04 Å². The number of nitrogens with zero attached hydrogens (tertiary/aromatic N) is 1. The van der Waals surface area contributed by atoms with E-state index in [4.69, 9.17) is 5.73 Å². The van der Waals surface area contributed by atoms with Gasteiger partial charge in [-0.3, -0.25) is 4.79 Å². The molecule has 0 aliphatic carbocycles. The number of nitrogens with two attached hydrogens (primary N) is 1. The highest BCUT2D eigenvalue weighted by Gasteiger charge is 2.18. The molecule has 2 aromatic rings. The summed E-state index contributed by atoms with van der Waals surface area (Å²) in [6.45, 7) is 7.67. The van der Waals surface area contributed by atoms with E-state index in [0.717, 1.165) is 21.1 Å². The summed E-state index contributed by atoms with van der Waals surface area (Å²) in [6, 6.07) is 7.71. The predicted molar refractivity (Wildman–Crippen MR) is 94.5 cm³/mol. The number of amides is 1. The number of hydrogen-bond donors (Lipinski definition) is 2. The molecule has 22 heavy (non-hydrogen) atoms. The van der Waals surface area contributed by atoms with E-state index in [1.165, 1.54) is 5.56 Å². The fourth-order valence-corrected chi connectivity index (χ4v) is 3.11. The highest BCUT2D eigenvalue weighted by atomic mass is 35.5. The van der Waals surface area contributed by atoms with E-state index in [-0.39, 0.29) is 24.4 Å². The summed E-state index contributed by atoms with van der Waals surface area (Å²) in [7, 11) is 0. The maximum absolute atomic E-state index is 11.7. The third-order valence-electron chi connectivity index (χ3n) is 3.30. The fourth-order valence-electron chi connectivity index (χ4n) is 2.04. The minimum Gasteiger partial charge on any atom is -0.347 e. The zero-order valence-electron chi connectivity index (χ0n) is 13.2. The molecular weight excluding hydrogens is 318 g/mol. The molecular formula is C16H22ClN3OS. The molecule has 0 radical (unpaired) electrons. The van der Waals surface area contributed by atoms with E-state index in [9.17, 15) is 4.79 Å². The third kappa shape index (κ3) is 4.29. The Bertz CT molecular complexity index is 637. The molecule has 120 valence electrons. The van der Waals surface area contributed by atoms with Gasteiger partial charge in [0.2, 0.25) is 5.91 Å². The van der Waals surface area contributed by atoms with Crippen LogP contribution in [0.15, 0.2) is 24.3 Å². The van der Waals surface area contributed by atoms with Gasteiger partial charge in [0, 0.05) is 5.56 Å². The molecule has 2 rings (SSSR count). The monoisotopic (exact) mass is 339 g/mol. The Kier molecular flexibility index (Phi) is 6.53. The molecule has 0 fully saturated rings. The van der Waals surface area contributed by atoms with Crippen LogP contribution in [0.4, 0.5) is 0 Å². The van der Waals surface area contributed by atoms with Crippen molar-refractivity contribution in [1.82, 2.24) is 10.3 Å². The van der Waals surface area contributed by atoms with Crippen LogP contribution in [0.1, 0.15) is 36.0 Å². The second-order valence-electron chi connectivity index (χ2n) is 5.35. The number of halogens is 1. The summed E-state index contributed by atoms with van der Waals surface area (Å²) in [5, 5.41) is 3.89. The Labute approximate surface area is 141 Å². The van der Waals surface area contributed by atoms with Crippen LogP contribution in [0.5, 0.6) is 0 Å². The molecule has 1 aromatic carbocycles. The zero-order valence-corrected chi connectivity index (χ0v) is 14.8. The van der Waals surface area contributed by atoms with Crippen molar-refractivity contribution in [2.45, 2.75) is 39.8 Å². The van der Waals surface area contributed by atoms with Crippen LogP contribution in [-0.4, -0.2) is 16.9 Å². The largest absolute Gasteiger partial charge is 0.347 e. The molecule has 2 atom stereocenters. The molecule has 4 nitrogen and oxygen atoms in total. The van der Waals surface area contributed by atoms with Crippen molar-refractivity contribution in [2.24, 2.45) is 5.73 Å². The van der Waals surface area contributed by atoms with Crippen LogP contribution in [0.2, 0.25) is 0 Å². The molecule has 6 heteroatoms. The Morgan fingerprint density at radius 2 is 1.82 bits per heavy atom. The van der Waals surface area contributed by atoms with E-state index >= 15 is 0 Å². The Balaban J connectivity index is 0.00000242. The number of hydrogen-bond acceptors (Lipinski definition) is 4. The van der Waals surface area contributed by atoms with E-state index in [1.54, 1.807) is 18.3 Å². The topological polar surface area (TPSA) is 68.0 Å². The first-order chi connectivity index (χ1) is 9.88. The predicted octanol–water partition coefficient (Wildman–Crippen LogP) is 3.37. The summed E-state index contributed by atoms with van der Waals surface area (Å²) in [5.74, 6) is -0.146. The highest BCUT2D eigenvalue weighted by molar-refractivity contribution is 7.15. The summed E-state index contributed by atoms with van der Waals surface area (Å²) < 4.78 is 0. The summed E-state index contributed by atoms with van der Waals surface area (Å²) in [4.78, 5) is 17.4. The average molecular weight is 340 g/mol. The molecule has 0 aliphatic heterocycles. The Morgan fingerprint density at radius 3 is 2.36 bits per heavy atom. The van der Waals surface area contributed by atoms with Crippen LogP contribution in [0, 0.1) is 13.8 Å². The number of carbonyl (C=O) groups is 1. The fraction of sp³-hybridized carbons (Fsp3) is 0.375. The van der Waals surface area contributed by atoms with Crippen LogP contribution in [0.3, 0.4) is 0 Å². The summed E-state index contributed by atoms with van der Waals surface area (Å²) in [6.07, 6.45) is 0. The number of rotatable bonds is 4. The van der Waals surface area contributed by atoms with Gasteiger partial charge >= 0.3 is 0 Å². The Hall–Kier alpha value is -1.43. The van der Waals surface area contributed by atoms with E-state index in [1.807, 2.05) is 13.8 Å². The number of aromatic nitrogens is 1. The van der Waals surface area contributed by atoms with Crippen molar-refractivity contribution in [3.63, 3.8) is 0 Å². The molecule has 0 saturated carbocycles. The van der Waals surface area contributed by atoms with Crippen molar-refractivity contribution >= 4 is 29.7 Å². The lowest BCUT2D eigenvalue weighted by molar-refractivity contribution is -0.122. The molecule has 0 aliphatic rings. The van der Waals surface area contributed by atoms with Crippen molar-refractivity contribution in [3.05, 3.63) is 40.4 Å². The van der Waals surface area contributed by atoms with Gasteiger partial charge in [-0.2, -0.15) is 0 Å². The number of nitrogens with one attached hydrogen (secondary N) is 1. The average Bonchev–Trinajstić information content (AvgIpc) is 2.81. The van der Waals surface area contributed by atoms with Gasteiger partial charge in [0.1, 0.15) is 5.01 Å². The first kappa shape index (κ1) is 18.6. The van der Waals surface area contributed by atoms with E-state index in [0.29, 0.717) is 0 Å². The number of benzene rings is 1. The van der Waals surface area contributed by atoms with Gasteiger partial charge in [-0.25, -0.2) is 4.98 Å². The first-order valence-electron chi connectivity index (χ1n) is 6.99. The molecule has 0 saturated heterocycles. The van der Waals surface area contributed by atoms with Gasteiger partial charge in [0.15, 0.2) is 0 Å². The maximum Gasteiger partial charge on any atom is 0.237 e. The summed E-state index contributed by atoms with van der Waals surface area (Å²) >= 11 is 1.61. The van der Waals surface area contributed by atoms with Gasteiger partial charge < -0.3 is 11.1 Å². The zero-order chi connectivity index (χ0) is 15.6. The molecule has 1 aromatic heterocycles. The minimum absolute atomic E-state index is 0. The molecule has 3 N–H and O–H groups in total. The SMILES string of the molecule is Cc1ccc(-c2nc(C)c(C(C)NC(=O)[C@@H](C)N)s2)cc1.Cl. The smallest absolute Gasteiger partial charge is 0.237 e. The molecule has 0 bridgehead atoms. The lowest BCUT2D eigenvalue weighted by atomic mass is 10.2. The number of carbonyl (C=O) groups excluding carboxylic acids is 1. The lowest BCUT2D eigenvalue weighted by Crippen LogP contribution is -2.39. The van der Waals surface area contributed by atoms with Gasteiger partial charge in [-0.05, 0) is 27.7 Å². The highest BCUT2D eigenvalue weighted by Crippen LogP contribution is 2.31. The molecule has 1 heterocycles. The molecule has 1 unspecified atom stereocenters. The van der Waals surface area contributed by atoms with Crippen molar-refractivity contribution < 1.29 is 4.79 Å². The van der Waals surface area contributed by atoms with Crippen LogP contribution in [0.25, 0.3) is 10.6 Å². The molecule has 1 amide bonds. The lowest BCUT2D eigenvalue weighted by Gasteiger charge is -2.14. The standard InChI is InChI=1S/C16H21N3OS.ClH/c1-9-5-7-13(8-6-9)16-19-12(4)14(21-16)11(3)18-15(20)10(2)17;/h5-8,10-11H,17H2,1-4H3,(H,18,20);1H/t10-,11?;/m1./s1. The van der Waals surface area contributed by atoms with Crippen LogP contribution >= 0.6 is 23.7 Å². The van der Waals surface area contributed by atoms with Crippen molar-refractivity contribution in [2.75, 3.05) is 0 Å². The van der Waals surface area contributed by atoms with Gasteiger partial charge in [0.05, 0.1) is 22.7 Å². The van der Waals surface area contributed by atoms with Gasteiger partial charge in [-0.15, -0.1) is 23.7 Å². The second-order valence-corrected chi connectivity index (χ2v) is 6.38. The number of aryl methyl sites for hydroxylation is 2. The second kappa shape index (κ2) is 7.72. The quantitative estimate of drug-likeness (QED) is 0.897. The van der Waals surface area contributed by atoms with Crippen molar-refractivity contribution in [1.29, 1.82) is 0 Å². The molecule has 0 spiro atoms. The normalized spacial score (nSPS) is 13.1. The first-order valence-corrected chi connectivity index (χ1v) is 7.80. The Morgan fingerprint density at radius 1 is 1.23 bits per heavy atom. The third-order valence-corrected chi connectivity index (χ3v) is 4.69. The van der Waals surface area contributed by atoms with E-state index in [2.05, 4.69) is 41.5 Å². The minimum atomic E-state index is -0.503. The van der Waals surface area contributed by atoms with Gasteiger partial charge in [0.25, 0.3) is 0 Å². The number of thiazole rings is 1. The van der Waals surface area contributed by atoms with Gasteiger partial charge in [-0.1, -0.05) is 29.8 Å². The maximum atomic E-state index is 11.7.